The summed E-state index contributed by atoms with van der Waals surface area (Å²) in [5.74, 6) is 1.12. The molecule has 2 aromatic carbocycles. The van der Waals surface area contributed by atoms with Crippen LogP contribution >= 0.6 is 0 Å². The average molecular weight is 342 g/mol. The number of fused-ring (bicyclic) bond motifs is 1. The van der Waals surface area contributed by atoms with Crippen LogP contribution in [0.3, 0.4) is 0 Å². The fraction of sp³-hybridized carbons (Fsp3) is 0. The third kappa shape index (κ3) is 3.37. The molecule has 0 saturated carbocycles. The summed E-state index contributed by atoms with van der Waals surface area (Å²) in [5.41, 5.74) is 1.23. The van der Waals surface area contributed by atoms with E-state index in [1.165, 1.54) is 0 Å². The van der Waals surface area contributed by atoms with Crippen molar-refractivity contribution < 1.29 is 14.3 Å². The van der Waals surface area contributed by atoms with Gasteiger partial charge in [0, 0.05) is 23.8 Å². The molecule has 0 unspecified atom stereocenters. The Kier molecular flexibility index (Phi) is 4.26. The first-order valence-electron chi connectivity index (χ1n) is 8.04. The van der Waals surface area contributed by atoms with E-state index in [4.69, 9.17) is 9.47 Å². The van der Waals surface area contributed by atoms with Crippen LogP contribution in [0.2, 0.25) is 0 Å². The van der Waals surface area contributed by atoms with Crippen molar-refractivity contribution in [3.63, 3.8) is 0 Å². The van der Waals surface area contributed by atoms with Crippen LogP contribution in [0.5, 0.6) is 17.4 Å². The Morgan fingerprint density at radius 1 is 0.731 bits per heavy atom. The molecular formula is C21H14N2O3. The lowest BCUT2D eigenvalue weighted by Gasteiger charge is -2.08. The minimum Gasteiger partial charge on any atom is -0.439 e. The molecular weight excluding hydrogens is 328 g/mol. The van der Waals surface area contributed by atoms with Gasteiger partial charge in [-0.15, -0.1) is 0 Å². The second kappa shape index (κ2) is 7.03. The topological polar surface area (TPSA) is 61.3 Å². The van der Waals surface area contributed by atoms with Gasteiger partial charge in [-0.05, 0) is 48.5 Å². The molecule has 0 radical (unpaired) electrons. The fourth-order valence-corrected chi connectivity index (χ4v) is 2.55. The first kappa shape index (κ1) is 15.8. The average Bonchev–Trinajstić information content (AvgIpc) is 2.70. The van der Waals surface area contributed by atoms with Gasteiger partial charge in [0.05, 0.1) is 11.1 Å². The van der Waals surface area contributed by atoms with Crippen molar-refractivity contribution in [2.45, 2.75) is 0 Å². The van der Waals surface area contributed by atoms with E-state index in [1.54, 1.807) is 60.9 Å². The van der Waals surface area contributed by atoms with E-state index in [2.05, 4.69) is 9.97 Å². The maximum atomic E-state index is 12.5. The molecule has 2 heterocycles. The molecule has 5 nitrogen and oxygen atoms in total. The van der Waals surface area contributed by atoms with Gasteiger partial charge in [-0.2, -0.15) is 0 Å². The molecule has 0 N–H and O–H groups in total. The first-order chi connectivity index (χ1) is 12.8. The van der Waals surface area contributed by atoms with Gasteiger partial charge >= 0.3 is 5.97 Å². The van der Waals surface area contributed by atoms with Crippen molar-refractivity contribution in [2.75, 3.05) is 0 Å². The molecule has 0 fully saturated rings. The Labute approximate surface area is 149 Å². The summed E-state index contributed by atoms with van der Waals surface area (Å²) in [7, 11) is 0. The van der Waals surface area contributed by atoms with E-state index >= 15 is 0 Å². The van der Waals surface area contributed by atoms with Crippen LogP contribution < -0.4 is 9.47 Å². The maximum Gasteiger partial charge on any atom is 0.344 e. The van der Waals surface area contributed by atoms with E-state index < -0.39 is 5.97 Å². The molecule has 0 aliphatic rings. The van der Waals surface area contributed by atoms with E-state index in [0.29, 0.717) is 22.9 Å². The zero-order valence-electron chi connectivity index (χ0n) is 13.7. The third-order valence-electron chi connectivity index (χ3n) is 3.76. The van der Waals surface area contributed by atoms with Crippen LogP contribution in [0.25, 0.3) is 10.9 Å². The highest BCUT2D eigenvalue weighted by molar-refractivity contribution is 6.04. The highest BCUT2D eigenvalue weighted by Gasteiger charge is 2.12. The second-order valence-electron chi connectivity index (χ2n) is 5.51. The monoisotopic (exact) mass is 342 g/mol. The van der Waals surface area contributed by atoms with E-state index in [1.807, 2.05) is 24.3 Å². The van der Waals surface area contributed by atoms with E-state index in [9.17, 15) is 4.79 Å². The predicted octanol–water partition coefficient (Wildman–Crippen LogP) is 4.64. The molecule has 4 rings (SSSR count). The number of ether oxygens (including phenoxy) is 2. The molecule has 0 bridgehead atoms. The lowest BCUT2D eigenvalue weighted by Crippen LogP contribution is -2.09. The number of carbonyl (C=O) groups is 1. The molecule has 4 aromatic rings. The number of rotatable bonds is 4. The smallest absolute Gasteiger partial charge is 0.344 e. The molecule has 0 amide bonds. The highest BCUT2D eigenvalue weighted by atomic mass is 16.5. The molecule has 0 atom stereocenters. The van der Waals surface area contributed by atoms with Crippen LogP contribution in [0, 0.1) is 0 Å². The summed E-state index contributed by atoms with van der Waals surface area (Å²) in [6, 6.07) is 21.3. The van der Waals surface area contributed by atoms with Gasteiger partial charge in [0.1, 0.15) is 11.5 Å². The quantitative estimate of drug-likeness (QED) is 0.399. The zero-order valence-corrected chi connectivity index (χ0v) is 13.7. The molecule has 0 aliphatic carbocycles. The molecule has 5 heteroatoms. The SMILES string of the molecule is O=C(Oc1ccc(Oc2ccccn2)cc1)c1cccc2ncccc12. The van der Waals surface area contributed by atoms with Crippen molar-refractivity contribution in [3.05, 3.63) is 90.8 Å². The molecule has 2 aromatic heterocycles. The van der Waals surface area contributed by atoms with Crippen molar-refractivity contribution in [3.8, 4) is 17.4 Å². The summed E-state index contributed by atoms with van der Waals surface area (Å²) < 4.78 is 11.1. The molecule has 0 aliphatic heterocycles. The van der Waals surface area contributed by atoms with Crippen LogP contribution in [0.4, 0.5) is 0 Å². The largest absolute Gasteiger partial charge is 0.439 e. The maximum absolute atomic E-state index is 12.5. The Hall–Kier alpha value is -3.73. The second-order valence-corrected chi connectivity index (χ2v) is 5.51. The van der Waals surface area contributed by atoms with Crippen molar-refractivity contribution >= 4 is 16.9 Å². The highest BCUT2D eigenvalue weighted by Crippen LogP contribution is 2.24. The third-order valence-corrected chi connectivity index (χ3v) is 3.76. The Balaban J connectivity index is 1.51. The minimum absolute atomic E-state index is 0.429. The molecule has 26 heavy (non-hydrogen) atoms. The number of aromatic nitrogens is 2. The Morgan fingerprint density at radius 3 is 2.35 bits per heavy atom. The lowest BCUT2D eigenvalue weighted by molar-refractivity contribution is 0.0736. The number of carbonyl (C=O) groups excluding carboxylic acids is 1. The summed E-state index contributed by atoms with van der Waals surface area (Å²) in [6.45, 7) is 0. The predicted molar refractivity (Wildman–Crippen MR) is 97.5 cm³/mol. The summed E-state index contributed by atoms with van der Waals surface area (Å²) in [6.07, 6.45) is 3.35. The summed E-state index contributed by atoms with van der Waals surface area (Å²) in [4.78, 5) is 20.9. The van der Waals surface area contributed by atoms with Crippen LogP contribution in [-0.4, -0.2) is 15.9 Å². The zero-order chi connectivity index (χ0) is 17.8. The van der Waals surface area contributed by atoms with Crippen molar-refractivity contribution in [1.82, 2.24) is 9.97 Å². The van der Waals surface area contributed by atoms with E-state index in [-0.39, 0.29) is 0 Å². The number of esters is 1. The van der Waals surface area contributed by atoms with Gasteiger partial charge in [-0.3, -0.25) is 4.98 Å². The van der Waals surface area contributed by atoms with Crippen LogP contribution in [0.15, 0.2) is 85.2 Å². The Bertz CT molecular complexity index is 1040. The van der Waals surface area contributed by atoms with Crippen molar-refractivity contribution in [2.24, 2.45) is 0 Å². The summed E-state index contributed by atoms with van der Waals surface area (Å²) >= 11 is 0. The van der Waals surface area contributed by atoms with Crippen LogP contribution in [0.1, 0.15) is 10.4 Å². The van der Waals surface area contributed by atoms with E-state index in [0.717, 1.165) is 10.9 Å². The normalized spacial score (nSPS) is 10.5. The minimum atomic E-state index is -0.429. The summed E-state index contributed by atoms with van der Waals surface area (Å²) in [5, 5.41) is 0.759. The van der Waals surface area contributed by atoms with Gasteiger partial charge in [0.25, 0.3) is 0 Å². The van der Waals surface area contributed by atoms with Gasteiger partial charge < -0.3 is 9.47 Å². The lowest BCUT2D eigenvalue weighted by atomic mass is 10.1. The van der Waals surface area contributed by atoms with Crippen molar-refractivity contribution in [1.29, 1.82) is 0 Å². The fourth-order valence-electron chi connectivity index (χ4n) is 2.55. The number of nitrogens with zero attached hydrogens (tertiary/aromatic N) is 2. The number of pyridine rings is 2. The van der Waals surface area contributed by atoms with Crippen LogP contribution in [-0.2, 0) is 0 Å². The van der Waals surface area contributed by atoms with Gasteiger partial charge in [0.15, 0.2) is 0 Å². The molecule has 0 saturated heterocycles. The van der Waals surface area contributed by atoms with Gasteiger partial charge in [-0.25, -0.2) is 9.78 Å². The Morgan fingerprint density at radius 2 is 1.54 bits per heavy atom. The standard InChI is InChI=1S/C21H14N2O3/c24-21(18-5-3-7-19-17(18)6-4-14-22-19)26-16-11-9-15(10-12-16)25-20-8-1-2-13-23-20/h1-14H. The first-order valence-corrected chi connectivity index (χ1v) is 8.04. The number of hydrogen-bond acceptors (Lipinski definition) is 5. The van der Waals surface area contributed by atoms with Gasteiger partial charge in [-0.1, -0.05) is 18.2 Å². The molecule has 126 valence electrons. The van der Waals surface area contributed by atoms with Gasteiger partial charge in [0.2, 0.25) is 5.88 Å². The number of benzene rings is 2. The molecule has 0 spiro atoms. The number of hydrogen-bond donors (Lipinski definition) is 0.